The van der Waals surface area contributed by atoms with Gasteiger partial charge < -0.3 is 0 Å². The van der Waals surface area contributed by atoms with Gasteiger partial charge in [0.2, 0.25) is 0 Å². The molecule has 0 amide bonds. The summed E-state index contributed by atoms with van der Waals surface area (Å²) in [6.45, 7) is 11.6. The first-order valence-corrected chi connectivity index (χ1v) is 6.71. The molecular formula is C16H30Cu. The van der Waals surface area contributed by atoms with Gasteiger partial charge >= 0.3 is 17.1 Å². The molecule has 0 fully saturated rings. The van der Waals surface area contributed by atoms with Crippen LogP contribution in [0.3, 0.4) is 0 Å². The summed E-state index contributed by atoms with van der Waals surface area (Å²) in [6, 6.07) is 0. The standard InChI is InChI=1S/2C8H15.Cu/c2*1-3-5-7-8-6-4-2;/h2*3,5H,1,4,6-8H2,2H3;/q2*-1;+2/b2*5-3+;. The maximum atomic E-state index is 3.60. The van der Waals surface area contributed by atoms with Gasteiger partial charge in [-0.2, -0.15) is 0 Å². The quantitative estimate of drug-likeness (QED) is 0.295. The van der Waals surface area contributed by atoms with Gasteiger partial charge in [0.25, 0.3) is 0 Å². The SMILES string of the molecule is [CH2-]/C=C/CCCCC.[CH2-]/C=C/CCCCC.[Cu+2]. The average molecular weight is 286 g/mol. The monoisotopic (exact) mass is 285 g/mol. The molecule has 0 nitrogen and oxygen atoms in total. The van der Waals surface area contributed by atoms with E-state index in [4.69, 9.17) is 0 Å². The van der Waals surface area contributed by atoms with Crippen molar-refractivity contribution in [1.82, 2.24) is 0 Å². The maximum Gasteiger partial charge on any atom is 2.00 e. The fraction of sp³-hybridized carbons (Fsp3) is 0.625. The van der Waals surface area contributed by atoms with E-state index in [-0.39, 0.29) is 17.1 Å². The number of hydrogen-bond donors (Lipinski definition) is 0. The molecule has 0 heterocycles. The molecular weight excluding hydrogens is 256 g/mol. The summed E-state index contributed by atoms with van der Waals surface area (Å²) in [4.78, 5) is 0. The molecule has 0 N–H and O–H groups in total. The number of allylic oxidation sites excluding steroid dienone is 4. The van der Waals surface area contributed by atoms with Crippen LogP contribution >= 0.6 is 0 Å². The van der Waals surface area contributed by atoms with Crippen molar-refractivity contribution in [1.29, 1.82) is 0 Å². The van der Waals surface area contributed by atoms with E-state index in [1.165, 1.54) is 51.4 Å². The Labute approximate surface area is 120 Å². The minimum atomic E-state index is 0. The van der Waals surface area contributed by atoms with E-state index in [0.29, 0.717) is 0 Å². The van der Waals surface area contributed by atoms with Crippen LogP contribution in [0.1, 0.15) is 65.2 Å². The third-order valence-corrected chi connectivity index (χ3v) is 2.28. The van der Waals surface area contributed by atoms with Gasteiger partial charge in [-0.15, -0.1) is 12.8 Å². The average Bonchev–Trinajstić information content (AvgIpc) is 2.31. The molecule has 0 unspecified atom stereocenters. The van der Waals surface area contributed by atoms with Gasteiger partial charge in [-0.1, -0.05) is 52.4 Å². The normalized spacial score (nSPS) is 10.0. The Hall–Kier alpha value is -0.261. The van der Waals surface area contributed by atoms with Crippen molar-refractivity contribution in [2.45, 2.75) is 65.2 Å². The summed E-state index contributed by atoms with van der Waals surface area (Å²) in [5.41, 5.74) is 0. The van der Waals surface area contributed by atoms with Gasteiger partial charge in [0.05, 0.1) is 0 Å². The molecule has 105 valence electrons. The van der Waals surface area contributed by atoms with E-state index in [9.17, 15) is 0 Å². The first-order chi connectivity index (χ1) is 7.83. The van der Waals surface area contributed by atoms with E-state index in [1.807, 2.05) is 12.2 Å². The molecule has 0 rings (SSSR count). The van der Waals surface area contributed by atoms with E-state index in [0.717, 1.165) is 0 Å². The Kier molecular flexibility index (Phi) is 32.1. The van der Waals surface area contributed by atoms with E-state index >= 15 is 0 Å². The predicted octanol–water partition coefficient (Wildman–Crippen LogP) is 5.91. The van der Waals surface area contributed by atoms with Crippen molar-refractivity contribution in [3.8, 4) is 0 Å². The summed E-state index contributed by atoms with van der Waals surface area (Å²) in [6.07, 6.45) is 18.4. The minimum Gasteiger partial charge on any atom is -0.245 e. The largest absolute Gasteiger partial charge is 2.00 e. The maximum absolute atomic E-state index is 3.60. The van der Waals surface area contributed by atoms with Crippen LogP contribution in [0.2, 0.25) is 0 Å². The molecule has 0 aromatic carbocycles. The summed E-state index contributed by atoms with van der Waals surface area (Å²) >= 11 is 0. The van der Waals surface area contributed by atoms with Gasteiger partial charge in [-0.3, -0.25) is 0 Å². The summed E-state index contributed by atoms with van der Waals surface area (Å²) in [7, 11) is 0. The van der Waals surface area contributed by atoms with Crippen LogP contribution in [0.5, 0.6) is 0 Å². The second-order valence-electron chi connectivity index (χ2n) is 3.93. The number of rotatable bonds is 8. The molecule has 0 saturated carbocycles. The predicted molar refractivity (Wildman–Crippen MR) is 77.3 cm³/mol. The number of hydrogen-bond acceptors (Lipinski definition) is 0. The van der Waals surface area contributed by atoms with Crippen LogP contribution < -0.4 is 0 Å². The molecule has 1 radical (unpaired) electrons. The Morgan fingerprint density at radius 2 is 1.06 bits per heavy atom. The Morgan fingerprint density at radius 3 is 1.29 bits per heavy atom. The molecule has 0 aliphatic carbocycles. The molecule has 17 heavy (non-hydrogen) atoms. The molecule has 0 aliphatic rings. The van der Waals surface area contributed by atoms with Crippen LogP contribution in [-0.4, -0.2) is 0 Å². The Bertz CT molecular complexity index is 130. The van der Waals surface area contributed by atoms with Crippen LogP contribution in [0.15, 0.2) is 24.3 Å². The third-order valence-electron chi connectivity index (χ3n) is 2.28. The fourth-order valence-corrected chi connectivity index (χ4v) is 1.26. The van der Waals surface area contributed by atoms with Crippen LogP contribution in [0.25, 0.3) is 0 Å². The van der Waals surface area contributed by atoms with Gasteiger partial charge in [-0.05, 0) is 0 Å². The number of unbranched alkanes of at least 4 members (excludes halogenated alkanes) is 6. The van der Waals surface area contributed by atoms with Crippen molar-refractivity contribution < 1.29 is 17.1 Å². The van der Waals surface area contributed by atoms with Crippen molar-refractivity contribution in [3.63, 3.8) is 0 Å². The Balaban J connectivity index is -0.000000218. The molecule has 1 heteroatoms. The van der Waals surface area contributed by atoms with Gasteiger partial charge in [0, 0.05) is 0 Å². The van der Waals surface area contributed by atoms with E-state index < -0.39 is 0 Å². The zero-order valence-corrected chi connectivity index (χ0v) is 12.6. The molecule has 0 spiro atoms. The van der Waals surface area contributed by atoms with E-state index in [1.54, 1.807) is 0 Å². The van der Waals surface area contributed by atoms with Crippen LogP contribution in [0, 0.1) is 13.8 Å². The van der Waals surface area contributed by atoms with Crippen molar-refractivity contribution in [2.75, 3.05) is 0 Å². The van der Waals surface area contributed by atoms with Crippen molar-refractivity contribution in [3.05, 3.63) is 38.2 Å². The zero-order chi connectivity index (χ0) is 12.5. The fourth-order valence-electron chi connectivity index (χ4n) is 1.26. The van der Waals surface area contributed by atoms with Crippen molar-refractivity contribution >= 4 is 0 Å². The summed E-state index contributed by atoms with van der Waals surface area (Å²) in [5, 5.41) is 0. The minimum absolute atomic E-state index is 0. The van der Waals surface area contributed by atoms with Gasteiger partial charge in [0.1, 0.15) is 0 Å². The van der Waals surface area contributed by atoms with E-state index in [2.05, 4.69) is 39.8 Å². The molecule has 0 aliphatic heterocycles. The molecule has 0 saturated heterocycles. The first-order valence-electron chi connectivity index (χ1n) is 6.71. The summed E-state index contributed by atoms with van der Waals surface area (Å²) < 4.78 is 0. The van der Waals surface area contributed by atoms with Crippen molar-refractivity contribution in [2.24, 2.45) is 0 Å². The second-order valence-corrected chi connectivity index (χ2v) is 3.93. The van der Waals surface area contributed by atoms with Crippen LogP contribution in [-0.2, 0) is 17.1 Å². The molecule has 0 aromatic heterocycles. The van der Waals surface area contributed by atoms with Gasteiger partial charge in [-0.25, -0.2) is 38.2 Å². The van der Waals surface area contributed by atoms with Crippen LogP contribution in [0.4, 0.5) is 0 Å². The Morgan fingerprint density at radius 1 is 0.706 bits per heavy atom. The third kappa shape index (κ3) is 31.3. The smallest absolute Gasteiger partial charge is 0.245 e. The molecule has 0 bridgehead atoms. The molecule has 0 atom stereocenters. The first kappa shape index (κ1) is 22.0. The zero-order valence-electron chi connectivity index (χ0n) is 11.7. The molecule has 0 aromatic rings. The summed E-state index contributed by atoms with van der Waals surface area (Å²) in [5.74, 6) is 0. The van der Waals surface area contributed by atoms with Gasteiger partial charge in [0.15, 0.2) is 0 Å². The second kappa shape index (κ2) is 24.8. The topological polar surface area (TPSA) is 0 Å².